The van der Waals surface area contributed by atoms with Crippen LogP contribution in [-0.2, 0) is 4.79 Å². The van der Waals surface area contributed by atoms with Crippen LogP contribution in [0.3, 0.4) is 0 Å². The van der Waals surface area contributed by atoms with Gasteiger partial charge in [0, 0.05) is 19.6 Å². The fourth-order valence-electron chi connectivity index (χ4n) is 3.43. The summed E-state index contributed by atoms with van der Waals surface area (Å²) >= 11 is 1.52. The number of aryl methyl sites for hydroxylation is 1. The van der Waals surface area contributed by atoms with E-state index >= 15 is 0 Å². The Morgan fingerprint density at radius 2 is 2.26 bits per heavy atom. The molecule has 3 heterocycles. The maximum Gasteiger partial charge on any atom is 0.264 e. The number of carbonyl (C=O) groups excluding carboxylic acids is 2. The maximum absolute atomic E-state index is 12.6. The van der Waals surface area contributed by atoms with Gasteiger partial charge in [0.05, 0.1) is 10.9 Å². The first-order valence-electron chi connectivity index (χ1n) is 8.49. The molecule has 2 amide bonds. The summed E-state index contributed by atoms with van der Waals surface area (Å²) in [6.45, 7) is 5.16. The average Bonchev–Trinajstić information content (AvgIpc) is 3.23. The van der Waals surface area contributed by atoms with Crippen molar-refractivity contribution in [2.75, 3.05) is 26.2 Å². The summed E-state index contributed by atoms with van der Waals surface area (Å²) in [7, 11) is 0. The van der Waals surface area contributed by atoms with Gasteiger partial charge in [-0.1, -0.05) is 0 Å². The van der Waals surface area contributed by atoms with Crippen LogP contribution in [0.5, 0.6) is 0 Å². The lowest BCUT2D eigenvalue weighted by molar-refractivity contribution is -0.123. The van der Waals surface area contributed by atoms with Gasteiger partial charge in [0.25, 0.3) is 5.91 Å². The molecule has 0 aliphatic carbocycles. The van der Waals surface area contributed by atoms with Crippen molar-refractivity contribution in [1.29, 1.82) is 0 Å². The highest BCUT2D eigenvalue weighted by Gasteiger charge is 2.27. The van der Waals surface area contributed by atoms with Crippen molar-refractivity contribution >= 4 is 23.2 Å². The molecule has 6 heteroatoms. The van der Waals surface area contributed by atoms with Gasteiger partial charge in [0.1, 0.15) is 0 Å². The van der Waals surface area contributed by atoms with Crippen LogP contribution < -0.4 is 10.6 Å². The molecule has 0 saturated carbocycles. The lowest BCUT2D eigenvalue weighted by Crippen LogP contribution is -2.46. The normalized spacial score (nSPS) is 24.7. The summed E-state index contributed by atoms with van der Waals surface area (Å²) < 4.78 is 0. The van der Waals surface area contributed by atoms with Crippen molar-refractivity contribution in [2.45, 2.75) is 38.6 Å². The minimum atomic E-state index is -0.0231. The van der Waals surface area contributed by atoms with Gasteiger partial charge in [0.15, 0.2) is 0 Å². The Labute approximate surface area is 141 Å². The third kappa shape index (κ3) is 3.93. The third-order valence-electron chi connectivity index (χ3n) is 4.80. The maximum atomic E-state index is 12.6. The number of amides is 2. The molecule has 0 aromatic carbocycles. The second-order valence-corrected chi connectivity index (χ2v) is 7.50. The highest BCUT2D eigenvalue weighted by atomic mass is 32.1. The van der Waals surface area contributed by atoms with Crippen LogP contribution in [-0.4, -0.2) is 48.9 Å². The molecule has 0 spiro atoms. The zero-order valence-electron chi connectivity index (χ0n) is 13.6. The van der Waals surface area contributed by atoms with Crippen molar-refractivity contribution in [2.24, 2.45) is 5.92 Å². The molecule has 0 radical (unpaired) electrons. The Morgan fingerprint density at radius 1 is 1.39 bits per heavy atom. The van der Waals surface area contributed by atoms with Gasteiger partial charge in [-0.2, -0.15) is 0 Å². The molecule has 1 aromatic rings. The summed E-state index contributed by atoms with van der Waals surface area (Å²) in [5, 5.41) is 8.25. The van der Waals surface area contributed by atoms with Gasteiger partial charge in [-0.05, 0) is 62.1 Å². The van der Waals surface area contributed by atoms with Crippen molar-refractivity contribution < 1.29 is 9.59 Å². The molecule has 23 heavy (non-hydrogen) atoms. The predicted molar refractivity (Wildman–Crippen MR) is 91.7 cm³/mol. The Kier molecular flexibility index (Phi) is 5.33. The standard InChI is InChI=1S/C17H25N3O2S/c1-12-6-9-23-15(12)17(22)20-8-3-4-13(11-20)10-19-16(21)14-5-2-7-18-14/h6,9,13-14,18H,2-5,7-8,10-11H2,1H3,(H,19,21). The fraction of sp³-hybridized carbons (Fsp3) is 0.647. The van der Waals surface area contributed by atoms with E-state index in [1.807, 2.05) is 23.3 Å². The van der Waals surface area contributed by atoms with Crippen molar-refractivity contribution in [3.63, 3.8) is 0 Å². The molecule has 0 bridgehead atoms. The van der Waals surface area contributed by atoms with Crippen molar-refractivity contribution in [3.05, 3.63) is 21.9 Å². The minimum absolute atomic E-state index is 0.0231. The number of nitrogens with one attached hydrogen (secondary N) is 2. The molecular formula is C17H25N3O2S. The molecule has 2 unspecified atom stereocenters. The Balaban J connectivity index is 1.51. The quantitative estimate of drug-likeness (QED) is 0.882. The van der Waals surface area contributed by atoms with Gasteiger partial charge >= 0.3 is 0 Å². The molecule has 5 nitrogen and oxygen atoms in total. The molecule has 2 fully saturated rings. The number of carbonyl (C=O) groups is 2. The zero-order valence-corrected chi connectivity index (χ0v) is 14.5. The van der Waals surface area contributed by atoms with E-state index in [1.54, 1.807) is 0 Å². The number of rotatable bonds is 4. The van der Waals surface area contributed by atoms with Gasteiger partial charge in [-0.3, -0.25) is 9.59 Å². The van der Waals surface area contributed by atoms with Gasteiger partial charge in [-0.25, -0.2) is 0 Å². The second-order valence-electron chi connectivity index (χ2n) is 6.59. The van der Waals surface area contributed by atoms with Gasteiger partial charge < -0.3 is 15.5 Å². The second kappa shape index (κ2) is 7.45. The smallest absolute Gasteiger partial charge is 0.264 e. The molecule has 3 rings (SSSR count). The Morgan fingerprint density at radius 3 is 2.96 bits per heavy atom. The van der Waals surface area contributed by atoms with Crippen molar-refractivity contribution in [3.8, 4) is 0 Å². The van der Waals surface area contributed by atoms with Crippen molar-refractivity contribution in [1.82, 2.24) is 15.5 Å². The third-order valence-corrected chi connectivity index (χ3v) is 5.81. The van der Waals surface area contributed by atoms with Crippen LogP contribution in [0.4, 0.5) is 0 Å². The van der Waals surface area contributed by atoms with E-state index in [0.717, 1.165) is 55.8 Å². The van der Waals surface area contributed by atoms with E-state index in [1.165, 1.54) is 11.3 Å². The highest BCUT2D eigenvalue weighted by Crippen LogP contribution is 2.22. The summed E-state index contributed by atoms with van der Waals surface area (Å²) in [5.41, 5.74) is 1.06. The minimum Gasteiger partial charge on any atom is -0.354 e. The molecule has 126 valence electrons. The van der Waals surface area contributed by atoms with Gasteiger partial charge in [0.2, 0.25) is 5.91 Å². The first kappa shape index (κ1) is 16.5. The molecule has 2 aliphatic heterocycles. The summed E-state index contributed by atoms with van der Waals surface area (Å²) in [5.74, 6) is 0.615. The summed E-state index contributed by atoms with van der Waals surface area (Å²) in [6.07, 6.45) is 4.09. The number of nitrogens with zero attached hydrogens (tertiary/aromatic N) is 1. The summed E-state index contributed by atoms with van der Waals surface area (Å²) in [4.78, 5) is 27.5. The average molecular weight is 335 g/mol. The molecule has 2 atom stereocenters. The molecular weight excluding hydrogens is 310 g/mol. The Hall–Kier alpha value is -1.40. The van der Waals surface area contributed by atoms with E-state index in [9.17, 15) is 9.59 Å². The SMILES string of the molecule is Cc1ccsc1C(=O)N1CCCC(CNC(=O)C2CCCN2)C1. The van der Waals surface area contributed by atoms with E-state index < -0.39 is 0 Å². The lowest BCUT2D eigenvalue weighted by Gasteiger charge is -2.33. The first-order valence-corrected chi connectivity index (χ1v) is 9.37. The van der Waals surface area contributed by atoms with Crippen LogP contribution in [0, 0.1) is 12.8 Å². The van der Waals surface area contributed by atoms with E-state index in [2.05, 4.69) is 10.6 Å². The molecule has 2 N–H and O–H groups in total. The van der Waals surface area contributed by atoms with Crippen LogP contribution in [0.15, 0.2) is 11.4 Å². The zero-order chi connectivity index (χ0) is 16.2. The van der Waals surface area contributed by atoms with Crippen LogP contribution >= 0.6 is 11.3 Å². The topological polar surface area (TPSA) is 61.4 Å². The number of hydrogen-bond acceptors (Lipinski definition) is 4. The number of thiophene rings is 1. The molecule has 1 aromatic heterocycles. The van der Waals surface area contributed by atoms with Crippen LogP contribution in [0.1, 0.15) is 40.9 Å². The molecule has 2 saturated heterocycles. The van der Waals surface area contributed by atoms with Crippen LogP contribution in [0.2, 0.25) is 0 Å². The van der Waals surface area contributed by atoms with E-state index in [4.69, 9.17) is 0 Å². The summed E-state index contributed by atoms with van der Waals surface area (Å²) in [6, 6.07) is 1.97. The largest absolute Gasteiger partial charge is 0.354 e. The van der Waals surface area contributed by atoms with E-state index in [0.29, 0.717) is 12.5 Å². The van der Waals surface area contributed by atoms with Crippen LogP contribution in [0.25, 0.3) is 0 Å². The number of likely N-dealkylation sites (tertiary alicyclic amines) is 1. The highest BCUT2D eigenvalue weighted by molar-refractivity contribution is 7.12. The predicted octanol–water partition coefficient (Wildman–Crippen LogP) is 1.78. The number of piperidine rings is 1. The van der Waals surface area contributed by atoms with Gasteiger partial charge in [-0.15, -0.1) is 11.3 Å². The first-order chi connectivity index (χ1) is 11.1. The lowest BCUT2D eigenvalue weighted by atomic mass is 9.97. The number of hydrogen-bond donors (Lipinski definition) is 2. The molecule has 2 aliphatic rings. The Bertz CT molecular complexity index is 566. The monoisotopic (exact) mass is 335 g/mol. The fourth-order valence-corrected chi connectivity index (χ4v) is 4.32. The van der Waals surface area contributed by atoms with E-state index in [-0.39, 0.29) is 17.9 Å².